The van der Waals surface area contributed by atoms with Gasteiger partial charge in [0.25, 0.3) is 0 Å². The number of halogens is 3. The highest BCUT2D eigenvalue weighted by atomic mass is 19.4. The van der Waals surface area contributed by atoms with Gasteiger partial charge in [-0.1, -0.05) is 12.1 Å². The maximum atomic E-state index is 12.5. The van der Waals surface area contributed by atoms with E-state index in [1.54, 1.807) is 12.1 Å². The summed E-state index contributed by atoms with van der Waals surface area (Å²) in [5, 5.41) is 8.66. The van der Waals surface area contributed by atoms with Gasteiger partial charge in [-0.05, 0) is 24.3 Å². The summed E-state index contributed by atoms with van der Waals surface area (Å²) in [6.07, 6.45) is -4.31. The quantitative estimate of drug-likeness (QED) is 0.914. The molecule has 0 saturated carbocycles. The van der Waals surface area contributed by atoms with Gasteiger partial charge < -0.3 is 5.73 Å². The van der Waals surface area contributed by atoms with Gasteiger partial charge in [-0.2, -0.15) is 18.4 Å². The molecule has 20 heavy (non-hydrogen) atoms. The molecule has 0 bridgehead atoms. The molecule has 3 nitrogen and oxygen atoms in total. The Bertz CT molecular complexity index is 655. The smallest absolute Gasteiger partial charge is 0.397 e. The Morgan fingerprint density at radius 2 is 1.75 bits per heavy atom. The lowest BCUT2D eigenvalue weighted by Gasteiger charge is -2.08. The molecule has 0 aliphatic carbocycles. The first-order valence-electron chi connectivity index (χ1n) is 5.72. The summed E-state index contributed by atoms with van der Waals surface area (Å²) in [6, 6.07) is 9.83. The molecule has 2 rings (SSSR count). The predicted octanol–water partition coefficient (Wildman–Crippen LogP) is 3.42. The molecule has 0 unspecified atom stereocenters. The number of hydrogen-bond acceptors (Lipinski definition) is 3. The van der Waals surface area contributed by atoms with Crippen LogP contribution >= 0.6 is 0 Å². The van der Waals surface area contributed by atoms with Crippen molar-refractivity contribution in [1.82, 2.24) is 4.98 Å². The molecule has 0 aliphatic heterocycles. The Morgan fingerprint density at radius 3 is 2.30 bits per heavy atom. The summed E-state index contributed by atoms with van der Waals surface area (Å²) in [5.41, 5.74) is 6.79. The topological polar surface area (TPSA) is 62.7 Å². The van der Waals surface area contributed by atoms with E-state index in [2.05, 4.69) is 4.98 Å². The van der Waals surface area contributed by atoms with Gasteiger partial charge in [0, 0.05) is 5.56 Å². The molecule has 6 heteroatoms. The largest absolute Gasteiger partial charge is 0.416 e. The molecule has 1 heterocycles. The molecule has 102 valence electrons. The van der Waals surface area contributed by atoms with Gasteiger partial charge in [-0.25, -0.2) is 4.98 Å². The minimum Gasteiger partial charge on any atom is -0.397 e. The third kappa shape index (κ3) is 2.88. The van der Waals surface area contributed by atoms with Gasteiger partial charge >= 0.3 is 6.18 Å². The maximum absolute atomic E-state index is 12.5. The highest BCUT2D eigenvalue weighted by molar-refractivity contribution is 5.62. The lowest BCUT2D eigenvalue weighted by atomic mass is 10.1. The summed E-state index contributed by atoms with van der Waals surface area (Å²) < 4.78 is 37.4. The molecule has 0 radical (unpaired) electrons. The van der Waals surface area contributed by atoms with E-state index in [9.17, 15) is 13.2 Å². The van der Waals surface area contributed by atoms with Crippen molar-refractivity contribution in [3.8, 4) is 17.3 Å². The molecule has 2 aromatic rings. The number of hydrogen-bond donors (Lipinski definition) is 1. The van der Waals surface area contributed by atoms with Gasteiger partial charge in [-0.3, -0.25) is 0 Å². The van der Waals surface area contributed by atoms with Crippen LogP contribution in [0, 0.1) is 11.3 Å². The number of benzene rings is 1. The molecule has 0 spiro atoms. The molecule has 0 fully saturated rings. The summed E-state index contributed by atoms with van der Waals surface area (Å²) in [7, 11) is 0. The van der Waals surface area contributed by atoms with Crippen LogP contribution in [-0.4, -0.2) is 4.98 Å². The molecular weight excluding hydrogens is 267 g/mol. The Kier molecular flexibility index (Phi) is 3.61. The Labute approximate surface area is 113 Å². The average molecular weight is 277 g/mol. The standard InChI is InChI=1S/C14H10F3N3/c15-14(16,17)10-3-1-9(2-4-10)12-6-5-11(19)13(20-12)7-8-18/h1-6H,7,19H2. The fraction of sp³-hybridized carbons (Fsp3) is 0.143. The van der Waals surface area contributed by atoms with Crippen LogP contribution in [0.15, 0.2) is 36.4 Å². The number of nitrogen functional groups attached to an aromatic ring is 1. The first kappa shape index (κ1) is 13.9. The number of rotatable bonds is 2. The monoisotopic (exact) mass is 277 g/mol. The highest BCUT2D eigenvalue weighted by Crippen LogP contribution is 2.30. The van der Waals surface area contributed by atoms with Crippen molar-refractivity contribution in [3.63, 3.8) is 0 Å². The molecular formula is C14H10F3N3. The van der Waals surface area contributed by atoms with Crippen molar-refractivity contribution >= 4 is 5.69 Å². The SMILES string of the molecule is N#CCc1nc(-c2ccc(C(F)(F)F)cc2)ccc1N. The first-order valence-corrected chi connectivity index (χ1v) is 5.72. The van der Waals surface area contributed by atoms with Crippen molar-refractivity contribution in [2.24, 2.45) is 0 Å². The minimum absolute atomic E-state index is 0.0559. The van der Waals surface area contributed by atoms with E-state index >= 15 is 0 Å². The number of aromatic nitrogens is 1. The van der Waals surface area contributed by atoms with Crippen LogP contribution < -0.4 is 5.73 Å². The number of nitriles is 1. The highest BCUT2D eigenvalue weighted by Gasteiger charge is 2.29. The van der Waals surface area contributed by atoms with Crippen molar-refractivity contribution < 1.29 is 13.2 Å². The zero-order valence-electron chi connectivity index (χ0n) is 10.3. The Balaban J connectivity index is 2.37. The fourth-order valence-corrected chi connectivity index (χ4v) is 1.72. The molecule has 1 aromatic carbocycles. The van der Waals surface area contributed by atoms with Crippen LogP contribution in [0.3, 0.4) is 0 Å². The van der Waals surface area contributed by atoms with Crippen LogP contribution in [0.5, 0.6) is 0 Å². The summed E-state index contributed by atoms with van der Waals surface area (Å²) >= 11 is 0. The second-order valence-corrected chi connectivity index (χ2v) is 4.14. The summed E-state index contributed by atoms with van der Waals surface area (Å²) in [6.45, 7) is 0. The lowest BCUT2D eigenvalue weighted by molar-refractivity contribution is -0.137. The van der Waals surface area contributed by atoms with Crippen LogP contribution in [0.4, 0.5) is 18.9 Å². The average Bonchev–Trinajstić information content (AvgIpc) is 2.41. The number of alkyl halides is 3. The molecule has 2 N–H and O–H groups in total. The van der Waals surface area contributed by atoms with Gasteiger partial charge in [0.1, 0.15) is 0 Å². The molecule has 0 amide bonds. The second kappa shape index (κ2) is 5.21. The van der Waals surface area contributed by atoms with Crippen molar-refractivity contribution in [3.05, 3.63) is 47.7 Å². The van der Waals surface area contributed by atoms with E-state index in [4.69, 9.17) is 11.0 Å². The maximum Gasteiger partial charge on any atom is 0.416 e. The predicted molar refractivity (Wildman–Crippen MR) is 68.4 cm³/mol. The molecule has 0 atom stereocenters. The number of nitrogens with two attached hydrogens (primary N) is 1. The van der Waals surface area contributed by atoms with E-state index in [1.807, 2.05) is 6.07 Å². The fourth-order valence-electron chi connectivity index (χ4n) is 1.72. The number of nitrogens with zero attached hydrogens (tertiary/aromatic N) is 2. The van der Waals surface area contributed by atoms with Gasteiger partial charge in [0.15, 0.2) is 0 Å². The normalized spacial score (nSPS) is 11.1. The second-order valence-electron chi connectivity index (χ2n) is 4.14. The van der Waals surface area contributed by atoms with Crippen molar-refractivity contribution in [2.75, 3.05) is 5.73 Å². The summed E-state index contributed by atoms with van der Waals surface area (Å²) in [5.74, 6) is 0. The van der Waals surface area contributed by atoms with Crippen LogP contribution in [0.2, 0.25) is 0 Å². The zero-order valence-corrected chi connectivity index (χ0v) is 10.3. The Morgan fingerprint density at radius 1 is 1.10 bits per heavy atom. The Hall–Kier alpha value is -2.55. The van der Waals surface area contributed by atoms with Crippen LogP contribution in [0.1, 0.15) is 11.3 Å². The van der Waals surface area contributed by atoms with E-state index in [0.717, 1.165) is 12.1 Å². The van der Waals surface area contributed by atoms with E-state index < -0.39 is 11.7 Å². The van der Waals surface area contributed by atoms with E-state index in [-0.39, 0.29) is 6.42 Å². The first-order chi connectivity index (χ1) is 9.41. The van der Waals surface area contributed by atoms with Gasteiger partial charge in [0.2, 0.25) is 0 Å². The van der Waals surface area contributed by atoms with Gasteiger partial charge in [0.05, 0.1) is 35.1 Å². The van der Waals surface area contributed by atoms with Gasteiger partial charge in [-0.15, -0.1) is 0 Å². The third-order valence-corrected chi connectivity index (χ3v) is 2.76. The molecule has 0 saturated heterocycles. The minimum atomic E-state index is -4.36. The number of anilines is 1. The van der Waals surface area contributed by atoms with Crippen LogP contribution in [0.25, 0.3) is 11.3 Å². The molecule has 0 aliphatic rings. The molecule has 1 aromatic heterocycles. The van der Waals surface area contributed by atoms with Crippen molar-refractivity contribution in [2.45, 2.75) is 12.6 Å². The zero-order chi connectivity index (χ0) is 14.8. The third-order valence-electron chi connectivity index (χ3n) is 2.76. The lowest BCUT2D eigenvalue weighted by Crippen LogP contribution is -2.04. The van der Waals surface area contributed by atoms with E-state index in [1.165, 1.54) is 12.1 Å². The van der Waals surface area contributed by atoms with E-state index in [0.29, 0.717) is 22.6 Å². The van der Waals surface area contributed by atoms with Crippen LogP contribution in [-0.2, 0) is 12.6 Å². The van der Waals surface area contributed by atoms with Crippen molar-refractivity contribution in [1.29, 1.82) is 5.26 Å². The number of pyridine rings is 1. The summed E-state index contributed by atoms with van der Waals surface area (Å²) in [4.78, 5) is 4.20.